The van der Waals surface area contributed by atoms with Gasteiger partial charge in [-0.2, -0.15) is 0 Å². The van der Waals surface area contributed by atoms with E-state index in [9.17, 15) is 18.9 Å². The summed E-state index contributed by atoms with van der Waals surface area (Å²) in [7, 11) is -4.09. The molecule has 1 atom stereocenters. The largest absolute Gasteiger partial charge is 0.779 e. The molecule has 0 radical (unpaired) electrons. The van der Waals surface area contributed by atoms with Gasteiger partial charge in [0.1, 0.15) is 7.60 Å². The molecule has 0 aliphatic heterocycles. The molecule has 0 aliphatic carbocycles. The third-order valence-corrected chi connectivity index (χ3v) is 2.34. The monoisotopic (exact) mass is 234 g/mol. The Balaban J connectivity index is 0. The highest BCUT2D eigenvalue weighted by Crippen LogP contribution is 2.34. The van der Waals surface area contributed by atoms with Gasteiger partial charge in [-0.25, -0.2) is 0 Å². The molecular weight excluding hydrogens is 222 g/mol. The summed E-state index contributed by atoms with van der Waals surface area (Å²) in [6.07, 6.45) is 0. The van der Waals surface area contributed by atoms with E-state index in [1.54, 1.807) is 0 Å². The average molecular weight is 234 g/mol. The molecule has 0 heterocycles. The van der Waals surface area contributed by atoms with Crippen molar-refractivity contribution in [3.05, 3.63) is 0 Å². The van der Waals surface area contributed by atoms with Gasteiger partial charge in [0.05, 0.1) is 0 Å². The zero-order chi connectivity index (χ0) is 11.1. The van der Waals surface area contributed by atoms with Crippen molar-refractivity contribution in [1.29, 1.82) is 0 Å². The van der Waals surface area contributed by atoms with Crippen LogP contribution in [0, 0.1) is 0 Å². The van der Waals surface area contributed by atoms with Crippen LogP contribution >= 0.6 is 15.4 Å². The minimum atomic E-state index is -3.90. The highest BCUT2D eigenvalue weighted by atomic mass is 31.2. The number of phosphoric acid groups is 1. The zero-order valence-corrected chi connectivity index (χ0v) is 9.54. The normalized spacial score (nSPS) is 15.5. The number of hydrogen-bond donors (Lipinski definition) is 0. The summed E-state index contributed by atoms with van der Waals surface area (Å²) in [6.45, 7) is 1.02. The third-order valence-electron chi connectivity index (χ3n) is 0.779. The molecule has 0 N–H and O–H groups in total. The van der Waals surface area contributed by atoms with Gasteiger partial charge >= 0.3 is 0 Å². The SMILES string of the molecule is COP(=O)([O-])OC.COP(C)(=O)[O-]. The van der Waals surface area contributed by atoms with Crippen LogP contribution < -0.4 is 9.79 Å². The predicted molar refractivity (Wildman–Crippen MR) is 42.2 cm³/mol. The maximum atomic E-state index is 9.95. The van der Waals surface area contributed by atoms with E-state index in [-0.39, 0.29) is 0 Å². The first-order chi connectivity index (χ1) is 5.68. The predicted octanol–water partition coefficient (Wildman–Crippen LogP) is -0.436. The van der Waals surface area contributed by atoms with Crippen LogP contribution in [0.5, 0.6) is 0 Å². The van der Waals surface area contributed by atoms with Crippen molar-refractivity contribution in [2.45, 2.75) is 0 Å². The summed E-state index contributed by atoms with van der Waals surface area (Å²) in [4.78, 5) is 19.8. The van der Waals surface area contributed by atoms with Gasteiger partial charge < -0.3 is 27.9 Å². The topological polar surface area (TPSA) is 108 Å². The van der Waals surface area contributed by atoms with E-state index in [0.29, 0.717) is 0 Å². The molecule has 0 bridgehead atoms. The summed E-state index contributed by atoms with van der Waals surface area (Å²) in [6, 6.07) is 0. The van der Waals surface area contributed by atoms with Crippen LogP contribution in [-0.4, -0.2) is 28.0 Å². The van der Waals surface area contributed by atoms with Crippen LogP contribution in [-0.2, 0) is 22.7 Å². The van der Waals surface area contributed by atoms with Crippen LogP contribution in [0.2, 0.25) is 0 Å². The second kappa shape index (κ2) is 6.68. The zero-order valence-electron chi connectivity index (χ0n) is 7.75. The second-order valence-electron chi connectivity index (χ2n) is 1.77. The highest BCUT2D eigenvalue weighted by molar-refractivity contribution is 7.50. The Morgan fingerprint density at radius 2 is 1.15 bits per heavy atom. The second-order valence-corrected chi connectivity index (χ2v) is 5.30. The van der Waals surface area contributed by atoms with Gasteiger partial charge in [0.25, 0.3) is 7.82 Å². The van der Waals surface area contributed by atoms with Crippen molar-refractivity contribution in [1.82, 2.24) is 0 Å². The van der Waals surface area contributed by atoms with Gasteiger partial charge in [-0.1, -0.05) is 0 Å². The van der Waals surface area contributed by atoms with E-state index in [1.165, 1.54) is 0 Å². The molecule has 0 aromatic heterocycles. The van der Waals surface area contributed by atoms with Gasteiger partial charge in [-0.15, -0.1) is 0 Å². The Morgan fingerprint density at radius 3 is 1.15 bits per heavy atom. The molecule has 0 fully saturated rings. The maximum Gasteiger partial charge on any atom is 0.267 e. The Morgan fingerprint density at radius 1 is 0.923 bits per heavy atom. The summed E-state index contributed by atoms with van der Waals surface area (Å²) in [5.74, 6) is 0. The highest BCUT2D eigenvalue weighted by Gasteiger charge is 1.98. The molecule has 0 aromatic carbocycles. The molecule has 0 saturated carbocycles. The summed E-state index contributed by atoms with van der Waals surface area (Å²) >= 11 is 0. The molecule has 13 heavy (non-hydrogen) atoms. The lowest BCUT2D eigenvalue weighted by atomic mass is 11.8. The van der Waals surface area contributed by atoms with Crippen LogP contribution in [0.3, 0.4) is 0 Å². The molecule has 0 aliphatic rings. The smallest absolute Gasteiger partial charge is 0.267 e. The van der Waals surface area contributed by atoms with Crippen LogP contribution in [0.1, 0.15) is 0 Å². The lowest BCUT2D eigenvalue weighted by molar-refractivity contribution is -0.220. The first-order valence-electron chi connectivity index (χ1n) is 2.95. The molecule has 0 spiro atoms. The Bertz CT molecular complexity index is 201. The standard InChI is InChI=1S/C2H7O4P.C2H7O3P/c1-5-7(3,4)6-2;1-5-6(2,3)4/h1-2H3,(H,3,4);1-2H3,(H,3,4)/p-2. The van der Waals surface area contributed by atoms with E-state index < -0.39 is 15.4 Å². The van der Waals surface area contributed by atoms with Crippen molar-refractivity contribution in [3.8, 4) is 0 Å². The number of hydrogen-bond acceptors (Lipinski definition) is 7. The van der Waals surface area contributed by atoms with Gasteiger partial charge in [0.15, 0.2) is 0 Å². The van der Waals surface area contributed by atoms with Gasteiger partial charge in [0, 0.05) is 28.0 Å². The van der Waals surface area contributed by atoms with E-state index in [4.69, 9.17) is 0 Å². The molecule has 82 valence electrons. The maximum absolute atomic E-state index is 9.95. The van der Waals surface area contributed by atoms with Gasteiger partial charge in [-0.3, -0.25) is 4.57 Å². The molecule has 0 rings (SSSR count). The number of phosphoric ester groups is 1. The van der Waals surface area contributed by atoms with Crippen molar-refractivity contribution < 1.29 is 32.5 Å². The van der Waals surface area contributed by atoms with Crippen LogP contribution in [0.15, 0.2) is 0 Å². The summed E-state index contributed by atoms with van der Waals surface area (Å²) in [5.41, 5.74) is 0. The van der Waals surface area contributed by atoms with Gasteiger partial charge in [-0.05, 0) is 0 Å². The quantitative estimate of drug-likeness (QED) is 0.609. The minimum absolute atomic E-state index is 1.02. The fraction of sp³-hybridized carbons (Fsp3) is 1.00. The van der Waals surface area contributed by atoms with Crippen molar-refractivity contribution in [2.24, 2.45) is 0 Å². The first-order valence-corrected chi connectivity index (χ1v) is 6.40. The molecule has 1 unspecified atom stereocenters. The lowest BCUT2D eigenvalue weighted by Crippen LogP contribution is -2.02. The van der Waals surface area contributed by atoms with Crippen molar-refractivity contribution >= 4 is 15.4 Å². The first kappa shape index (κ1) is 15.7. The molecule has 7 nitrogen and oxygen atoms in total. The Hall–Kier alpha value is 0.260. The van der Waals surface area contributed by atoms with Crippen molar-refractivity contribution in [3.63, 3.8) is 0 Å². The Kier molecular flexibility index (Phi) is 8.07. The molecule has 0 aromatic rings. The average Bonchev–Trinajstić information content (AvgIpc) is 2.04. The van der Waals surface area contributed by atoms with E-state index in [1.807, 2.05) is 0 Å². The molecule has 0 saturated heterocycles. The van der Waals surface area contributed by atoms with E-state index in [2.05, 4.69) is 13.6 Å². The molecule has 9 heteroatoms. The van der Waals surface area contributed by atoms with E-state index in [0.717, 1.165) is 28.0 Å². The Labute approximate surface area is 76.8 Å². The fourth-order valence-electron chi connectivity index (χ4n) is 0.0745. The van der Waals surface area contributed by atoms with Crippen LogP contribution in [0.25, 0.3) is 0 Å². The van der Waals surface area contributed by atoms with Crippen LogP contribution in [0.4, 0.5) is 0 Å². The minimum Gasteiger partial charge on any atom is -0.779 e. The fourth-order valence-corrected chi connectivity index (χ4v) is 0.224. The summed E-state index contributed by atoms with van der Waals surface area (Å²) < 4.78 is 31.4. The lowest BCUT2D eigenvalue weighted by Gasteiger charge is -2.16. The molecular formula is C4H12O7P2-2. The van der Waals surface area contributed by atoms with E-state index >= 15 is 0 Å². The van der Waals surface area contributed by atoms with Gasteiger partial charge in [0.2, 0.25) is 0 Å². The third kappa shape index (κ3) is 15.1. The molecule has 0 amide bonds. The van der Waals surface area contributed by atoms with Crippen molar-refractivity contribution in [2.75, 3.05) is 28.0 Å². The summed E-state index contributed by atoms with van der Waals surface area (Å²) in [5, 5.41) is 0. The number of rotatable bonds is 3.